The molecule has 0 radical (unpaired) electrons. The Morgan fingerprint density at radius 1 is 0.800 bits per heavy atom. The van der Waals surface area contributed by atoms with Crippen molar-refractivity contribution in [2.24, 2.45) is 0 Å². The van der Waals surface area contributed by atoms with E-state index in [4.69, 9.17) is 23.2 Å². The van der Waals surface area contributed by atoms with Gasteiger partial charge in [-0.15, -0.1) is 0 Å². The molecule has 3 heterocycles. The molecule has 0 bridgehead atoms. The quantitative estimate of drug-likeness (QED) is 0.839. The van der Waals surface area contributed by atoms with Gasteiger partial charge >= 0.3 is 0 Å². The number of piperidine rings is 2. The van der Waals surface area contributed by atoms with Crippen molar-refractivity contribution >= 4 is 29.2 Å². The average molecular weight is 316 g/mol. The number of hydrogen-bond donors (Lipinski definition) is 0. The third-order valence-electron chi connectivity index (χ3n) is 4.22. The van der Waals surface area contributed by atoms with Crippen LogP contribution >= 0.6 is 23.2 Å². The van der Waals surface area contributed by atoms with Crippen molar-refractivity contribution < 1.29 is 0 Å². The molecule has 5 nitrogen and oxygen atoms in total. The zero-order valence-corrected chi connectivity index (χ0v) is 12.9. The molecule has 7 heteroatoms. The number of hydrogen-bond acceptors (Lipinski definition) is 5. The summed E-state index contributed by atoms with van der Waals surface area (Å²) in [6.07, 6.45) is 6.39. The SMILES string of the molecule is Clc1nc(Cl)nc(N2CCC(N3CCCCC3)CC2)n1. The molecular weight excluding hydrogens is 297 g/mol. The van der Waals surface area contributed by atoms with E-state index < -0.39 is 0 Å². The Morgan fingerprint density at radius 2 is 1.40 bits per heavy atom. The molecule has 1 aromatic rings. The Labute approximate surface area is 129 Å². The Balaban J connectivity index is 1.60. The molecule has 0 amide bonds. The third kappa shape index (κ3) is 3.32. The van der Waals surface area contributed by atoms with E-state index in [0.29, 0.717) is 12.0 Å². The highest BCUT2D eigenvalue weighted by Crippen LogP contribution is 2.23. The number of anilines is 1. The molecule has 2 aliphatic rings. The molecule has 0 aliphatic carbocycles. The molecule has 3 rings (SSSR count). The fraction of sp³-hybridized carbons (Fsp3) is 0.769. The van der Waals surface area contributed by atoms with Crippen molar-refractivity contribution in [1.82, 2.24) is 19.9 Å². The van der Waals surface area contributed by atoms with Gasteiger partial charge in [0.05, 0.1) is 0 Å². The first-order valence-corrected chi connectivity index (χ1v) is 8.04. The largest absolute Gasteiger partial charge is 0.341 e. The molecule has 1 aromatic heterocycles. The Morgan fingerprint density at radius 3 is 2.00 bits per heavy atom. The van der Waals surface area contributed by atoms with Crippen LogP contribution in [0.2, 0.25) is 10.6 Å². The lowest BCUT2D eigenvalue weighted by atomic mass is 10.0. The van der Waals surface area contributed by atoms with Crippen LogP contribution in [0.5, 0.6) is 0 Å². The van der Waals surface area contributed by atoms with Gasteiger partial charge in [-0.1, -0.05) is 6.42 Å². The maximum atomic E-state index is 5.84. The highest BCUT2D eigenvalue weighted by atomic mass is 35.5. The maximum Gasteiger partial charge on any atom is 0.230 e. The number of aromatic nitrogens is 3. The van der Waals surface area contributed by atoms with Gasteiger partial charge in [-0.3, -0.25) is 0 Å². The van der Waals surface area contributed by atoms with Gasteiger partial charge in [0.25, 0.3) is 0 Å². The smallest absolute Gasteiger partial charge is 0.230 e. The summed E-state index contributed by atoms with van der Waals surface area (Å²) in [5.74, 6) is 0.604. The Hall–Kier alpha value is -0.650. The summed E-state index contributed by atoms with van der Waals surface area (Å²) in [6, 6.07) is 0.708. The van der Waals surface area contributed by atoms with Gasteiger partial charge in [0.2, 0.25) is 16.5 Å². The molecule has 20 heavy (non-hydrogen) atoms. The number of likely N-dealkylation sites (tertiary alicyclic amines) is 1. The average Bonchev–Trinajstić information content (AvgIpc) is 2.47. The second-order valence-electron chi connectivity index (χ2n) is 5.49. The van der Waals surface area contributed by atoms with Crippen molar-refractivity contribution in [2.75, 3.05) is 31.1 Å². The van der Waals surface area contributed by atoms with Crippen LogP contribution in [-0.2, 0) is 0 Å². The van der Waals surface area contributed by atoms with E-state index in [-0.39, 0.29) is 10.6 Å². The summed E-state index contributed by atoms with van der Waals surface area (Å²) in [7, 11) is 0. The predicted molar refractivity (Wildman–Crippen MR) is 80.5 cm³/mol. The molecule has 0 spiro atoms. The molecule has 110 valence electrons. The molecule has 0 atom stereocenters. The molecule has 0 aromatic carbocycles. The lowest BCUT2D eigenvalue weighted by Crippen LogP contribution is -2.47. The van der Waals surface area contributed by atoms with Crippen LogP contribution < -0.4 is 4.90 Å². The summed E-state index contributed by atoms with van der Waals surface area (Å²) in [4.78, 5) is 16.9. The molecular formula is C13H19Cl2N5. The summed E-state index contributed by atoms with van der Waals surface area (Å²) >= 11 is 11.7. The maximum absolute atomic E-state index is 5.84. The summed E-state index contributed by atoms with van der Waals surface area (Å²) < 4.78 is 0. The number of halogens is 2. The lowest BCUT2D eigenvalue weighted by molar-refractivity contribution is 0.141. The first kappa shape index (κ1) is 14.3. The number of rotatable bonds is 2. The van der Waals surface area contributed by atoms with Crippen LogP contribution in [0.3, 0.4) is 0 Å². The van der Waals surface area contributed by atoms with Crippen LogP contribution in [0.4, 0.5) is 5.95 Å². The minimum atomic E-state index is 0.165. The predicted octanol–water partition coefficient (Wildman–Crippen LogP) is 2.63. The van der Waals surface area contributed by atoms with E-state index in [9.17, 15) is 0 Å². The lowest BCUT2D eigenvalue weighted by Gasteiger charge is -2.40. The van der Waals surface area contributed by atoms with Crippen molar-refractivity contribution in [3.8, 4) is 0 Å². The van der Waals surface area contributed by atoms with E-state index >= 15 is 0 Å². The standard InChI is InChI=1S/C13H19Cl2N5/c14-11-16-12(15)18-13(17-11)20-8-4-10(5-9-20)19-6-2-1-3-7-19/h10H,1-9H2. The normalized spacial score (nSPS) is 22.2. The van der Waals surface area contributed by atoms with Crippen LogP contribution in [0.15, 0.2) is 0 Å². The van der Waals surface area contributed by atoms with E-state index in [1.807, 2.05) is 0 Å². The highest BCUT2D eigenvalue weighted by Gasteiger charge is 2.26. The molecule has 2 fully saturated rings. The Kier molecular flexibility index (Phi) is 4.58. The zero-order chi connectivity index (χ0) is 13.9. The third-order valence-corrected chi connectivity index (χ3v) is 4.56. The van der Waals surface area contributed by atoms with Crippen LogP contribution in [0, 0.1) is 0 Å². The fourth-order valence-electron chi connectivity index (χ4n) is 3.17. The van der Waals surface area contributed by atoms with Gasteiger partial charge in [-0.05, 0) is 62.0 Å². The summed E-state index contributed by atoms with van der Waals surface area (Å²) in [5.41, 5.74) is 0. The molecule has 2 saturated heterocycles. The topological polar surface area (TPSA) is 45.2 Å². The minimum Gasteiger partial charge on any atom is -0.341 e. The van der Waals surface area contributed by atoms with E-state index in [1.54, 1.807) is 0 Å². The Bertz CT molecular complexity index is 436. The van der Waals surface area contributed by atoms with Gasteiger partial charge in [-0.25, -0.2) is 0 Å². The van der Waals surface area contributed by atoms with E-state index in [1.165, 1.54) is 32.4 Å². The molecule has 0 N–H and O–H groups in total. The molecule has 0 unspecified atom stereocenters. The first-order chi connectivity index (χ1) is 9.72. The summed E-state index contributed by atoms with van der Waals surface area (Å²) in [5, 5.41) is 0.330. The highest BCUT2D eigenvalue weighted by molar-refractivity contribution is 6.31. The number of nitrogens with zero attached hydrogens (tertiary/aromatic N) is 5. The van der Waals surface area contributed by atoms with E-state index in [2.05, 4.69) is 24.8 Å². The van der Waals surface area contributed by atoms with Crippen LogP contribution in [0.25, 0.3) is 0 Å². The van der Waals surface area contributed by atoms with E-state index in [0.717, 1.165) is 25.9 Å². The minimum absolute atomic E-state index is 0.165. The van der Waals surface area contributed by atoms with Crippen molar-refractivity contribution in [2.45, 2.75) is 38.1 Å². The van der Waals surface area contributed by atoms with Gasteiger partial charge in [-0.2, -0.15) is 15.0 Å². The summed E-state index contributed by atoms with van der Waals surface area (Å²) in [6.45, 7) is 4.43. The van der Waals surface area contributed by atoms with Crippen molar-refractivity contribution in [1.29, 1.82) is 0 Å². The second-order valence-corrected chi connectivity index (χ2v) is 6.16. The fourth-order valence-corrected chi connectivity index (χ4v) is 3.53. The monoisotopic (exact) mass is 315 g/mol. The van der Waals surface area contributed by atoms with Gasteiger partial charge < -0.3 is 9.80 Å². The van der Waals surface area contributed by atoms with Crippen molar-refractivity contribution in [3.63, 3.8) is 0 Å². The molecule has 2 aliphatic heterocycles. The van der Waals surface area contributed by atoms with Crippen LogP contribution in [-0.4, -0.2) is 52.1 Å². The zero-order valence-electron chi connectivity index (χ0n) is 11.4. The molecule has 0 saturated carbocycles. The van der Waals surface area contributed by atoms with Gasteiger partial charge in [0, 0.05) is 19.1 Å². The van der Waals surface area contributed by atoms with Crippen molar-refractivity contribution in [3.05, 3.63) is 10.6 Å². The van der Waals surface area contributed by atoms with Gasteiger partial charge in [0.15, 0.2) is 0 Å². The van der Waals surface area contributed by atoms with Crippen LogP contribution in [0.1, 0.15) is 32.1 Å². The second kappa shape index (κ2) is 6.41. The van der Waals surface area contributed by atoms with Gasteiger partial charge in [0.1, 0.15) is 0 Å². The first-order valence-electron chi connectivity index (χ1n) is 7.28.